The van der Waals surface area contributed by atoms with Crippen LogP contribution in [0.2, 0.25) is 5.02 Å². The fourth-order valence-electron chi connectivity index (χ4n) is 1.83. The highest BCUT2D eigenvalue weighted by Gasteiger charge is 2.13. The first-order valence-electron chi connectivity index (χ1n) is 5.74. The highest BCUT2D eigenvalue weighted by molar-refractivity contribution is 9.10. The van der Waals surface area contributed by atoms with Gasteiger partial charge in [0.2, 0.25) is 0 Å². The van der Waals surface area contributed by atoms with E-state index < -0.39 is 6.10 Å². The molecule has 0 aliphatic carbocycles. The standard InChI is InChI=1S/C13H14BrClN2O/c1-2-17-6-5-16-13(17)8-12(18)9-3-4-10(14)11(15)7-9/h3-7,12,18H,2,8H2,1H3. The molecule has 0 saturated carbocycles. The van der Waals surface area contributed by atoms with Gasteiger partial charge in [-0.3, -0.25) is 0 Å². The lowest BCUT2D eigenvalue weighted by Crippen LogP contribution is -2.08. The highest BCUT2D eigenvalue weighted by Crippen LogP contribution is 2.27. The molecule has 1 unspecified atom stereocenters. The summed E-state index contributed by atoms with van der Waals surface area (Å²) in [5.74, 6) is 0.879. The van der Waals surface area contributed by atoms with Crippen LogP contribution in [0.15, 0.2) is 35.1 Å². The van der Waals surface area contributed by atoms with E-state index in [4.69, 9.17) is 11.6 Å². The second-order valence-electron chi connectivity index (χ2n) is 4.02. The lowest BCUT2D eigenvalue weighted by Gasteiger charge is -2.12. The molecule has 2 rings (SSSR count). The smallest absolute Gasteiger partial charge is 0.111 e. The first-order chi connectivity index (χ1) is 8.61. The molecule has 96 valence electrons. The van der Waals surface area contributed by atoms with E-state index in [0.29, 0.717) is 11.4 Å². The van der Waals surface area contributed by atoms with Gasteiger partial charge in [-0.05, 0) is 40.5 Å². The van der Waals surface area contributed by atoms with Crippen LogP contribution in [0.25, 0.3) is 0 Å². The fraction of sp³-hybridized carbons (Fsp3) is 0.308. The summed E-state index contributed by atoms with van der Waals surface area (Å²) in [7, 11) is 0. The number of rotatable bonds is 4. The molecule has 0 aliphatic heterocycles. The Morgan fingerprint density at radius 2 is 2.28 bits per heavy atom. The number of halogens is 2. The third kappa shape index (κ3) is 2.94. The number of hydrogen-bond donors (Lipinski definition) is 1. The van der Waals surface area contributed by atoms with Gasteiger partial charge in [0.25, 0.3) is 0 Å². The maximum absolute atomic E-state index is 10.2. The van der Waals surface area contributed by atoms with Crippen LogP contribution in [0.1, 0.15) is 24.4 Å². The minimum absolute atomic E-state index is 0.485. The van der Waals surface area contributed by atoms with E-state index in [0.717, 1.165) is 22.4 Å². The molecule has 1 atom stereocenters. The summed E-state index contributed by atoms with van der Waals surface area (Å²) in [6.07, 6.45) is 3.55. The van der Waals surface area contributed by atoms with Crippen molar-refractivity contribution < 1.29 is 5.11 Å². The van der Waals surface area contributed by atoms with Crippen molar-refractivity contribution in [2.24, 2.45) is 0 Å². The van der Waals surface area contributed by atoms with Crippen LogP contribution in [-0.2, 0) is 13.0 Å². The number of imidazole rings is 1. The Balaban J connectivity index is 2.16. The average Bonchev–Trinajstić information content (AvgIpc) is 2.79. The maximum atomic E-state index is 10.2. The van der Waals surface area contributed by atoms with Crippen LogP contribution in [0.4, 0.5) is 0 Å². The van der Waals surface area contributed by atoms with Gasteiger partial charge in [0, 0.05) is 29.8 Å². The quantitative estimate of drug-likeness (QED) is 0.931. The van der Waals surface area contributed by atoms with Crippen LogP contribution < -0.4 is 0 Å². The van der Waals surface area contributed by atoms with Gasteiger partial charge >= 0.3 is 0 Å². The Morgan fingerprint density at radius 1 is 1.50 bits per heavy atom. The molecular weight excluding hydrogens is 316 g/mol. The summed E-state index contributed by atoms with van der Waals surface area (Å²) in [4.78, 5) is 4.25. The number of aromatic nitrogens is 2. The van der Waals surface area contributed by atoms with Crippen LogP contribution in [0, 0.1) is 0 Å². The highest BCUT2D eigenvalue weighted by atomic mass is 79.9. The number of aliphatic hydroxyl groups excluding tert-OH is 1. The van der Waals surface area contributed by atoms with Crippen molar-refractivity contribution >= 4 is 27.5 Å². The molecule has 0 bridgehead atoms. The topological polar surface area (TPSA) is 38.0 Å². The van der Waals surface area contributed by atoms with E-state index in [1.54, 1.807) is 12.3 Å². The Hall–Kier alpha value is -0.840. The summed E-state index contributed by atoms with van der Waals surface area (Å²) >= 11 is 9.35. The molecule has 1 heterocycles. The van der Waals surface area contributed by atoms with Crippen molar-refractivity contribution in [3.63, 3.8) is 0 Å². The number of hydrogen-bond acceptors (Lipinski definition) is 2. The van der Waals surface area contributed by atoms with Crippen molar-refractivity contribution in [2.45, 2.75) is 26.0 Å². The molecule has 5 heteroatoms. The van der Waals surface area contributed by atoms with E-state index in [-0.39, 0.29) is 0 Å². The van der Waals surface area contributed by atoms with Gasteiger partial charge in [-0.1, -0.05) is 17.7 Å². The normalized spacial score (nSPS) is 12.7. The Morgan fingerprint density at radius 3 is 2.94 bits per heavy atom. The zero-order valence-electron chi connectivity index (χ0n) is 9.98. The van der Waals surface area contributed by atoms with E-state index in [9.17, 15) is 5.11 Å². The third-order valence-electron chi connectivity index (χ3n) is 2.85. The molecule has 1 aromatic heterocycles. The first-order valence-corrected chi connectivity index (χ1v) is 6.92. The third-order valence-corrected chi connectivity index (χ3v) is 4.08. The number of aryl methyl sites for hydroxylation is 1. The van der Waals surface area contributed by atoms with Gasteiger partial charge in [-0.15, -0.1) is 0 Å². The number of nitrogens with zero attached hydrogens (tertiary/aromatic N) is 2. The van der Waals surface area contributed by atoms with Crippen molar-refractivity contribution in [1.82, 2.24) is 9.55 Å². The summed E-state index contributed by atoms with van der Waals surface area (Å²) in [5.41, 5.74) is 0.800. The van der Waals surface area contributed by atoms with E-state index >= 15 is 0 Å². The van der Waals surface area contributed by atoms with Gasteiger partial charge in [0.1, 0.15) is 5.82 Å². The molecule has 0 radical (unpaired) electrons. The predicted molar refractivity (Wildman–Crippen MR) is 75.7 cm³/mol. The molecule has 2 aromatic rings. The molecule has 3 nitrogen and oxygen atoms in total. The first kappa shape index (κ1) is 13.6. The number of benzene rings is 1. The van der Waals surface area contributed by atoms with Crippen LogP contribution in [0.5, 0.6) is 0 Å². The molecule has 0 spiro atoms. The van der Waals surface area contributed by atoms with E-state index in [1.165, 1.54) is 0 Å². The second kappa shape index (κ2) is 5.87. The van der Waals surface area contributed by atoms with Crippen molar-refractivity contribution in [2.75, 3.05) is 0 Å². The van der Waals surface area contributed by atoms with Gasteiger partial charge in [-0.2, -0.15) is 0 Å². The molecule has 18 heavy (non-hydrogen) atoms. The monoisotopic (exact) mass is 328 g/mol. The van der Waals surface area contributed by atoms with Crippen molar-refractivity contribution in [3.05, 3.63) is 51.5 Å². The predicted octanol–water partition coefficient (Wildman–Crippen LogP) is 3.60. The minimum atomic E-state index is -0.594. The zero-order valence-corrected chi connectivity index (χ0v) is 12.3. The van der Waals surface area contributed by atoms with Gasteiger partial charge in [-0.25, -0.2) is 4.98 Å². The van der Waals surface area contributed by atoms with Gasteiger partial charge < -0.3 is 9.67 Å². The molecule has 0 amide bonds. The van der Waals surface area contributed by atoms with Crippen LogP contribution in [0.3, 0.4) is 0 Å². The second-order valence-corrected chi connectivity index (χ2v) is 5.28. The summed E-state index contributed by atoms with van der Waals surface area (Å²) in [6.45, 7) is 2.90. The lowest BCUT2D eigenvalue weighted by atomic mass is 10.1. The molecule has 0 aliphatic rings. The Labute approximate surface area is 120 Å². The molecule has 1 aromatic carbocycles. The summed E-state index contributed by atoms with van der Waals surface area (Å²) in [5, 5.41) is 10.8. The fourth-order valence-corrected chi connectivity index (χ4v) is 2.26. The van der Waals surface area contributed by atoms with Gasteiger partial charge in [0.15, 0.2) is 0 Å². The zero-order chi connectivity index (χ0) is 13.1. The molecular formula is C13H14BrClN2O. The van der Waals surface area contributed by atoms with Crippen LogP contribution >= 0.6 is 27.5 Å². The van der Waals surface area contributed by atoms with Crippen molar-refractivity contribution in [1.29, 1.82) is 0 Å². The average molecular weight is 330 g/mol. The Bertz CT molecular complexity index is 542. The maximum Gasteiger partial charge on any atom is 0.111 e. The summed E-state index contributed by atoms with van der Waals surface area (Å²) < 4.78 is 2.85. The van der Waals surface area contributed by atoms with E-state index in [1.807, 2.05) is 29.8 Å². The number of aliphatic hydroxyl groups is 1. The Kier molecular flexibility index (Phi) is 4.43. The molecule has 0 fully saturated rings. The van der Waals surface area contributed by atoms with Gasteiger partial charge in [0.05, 0.1) is 11.1 Å². The SMILES string of the molecule is CCn1ccnc1CC(O)c1ccc(Br)c(Cl)c1. The molecule has 0 saturated heterocycles. The minimum Gasteiger partial charge on any atom is -0.388 e. The molecule has 1 N–H and O–H groups in total. The largest absolute Gasteiger partial charge is 0.388 e. The lowest BCUT2D eigenvalue weighted by molar-refractivity contribution is 0.174. The van der Waals surface area contributed by atoms with Crippen molar-refractivity contribution in [3.8, 4) is 0 Å². The summed E-state index contributed by atoms with van der Waals surface area (Å²) in [6, 6.07) is 5.47. The van der Waals surface area contributed by atoms with Crippen LogP contribution in [-0.4, -0.2) is 14.7 Å². The van der Waals surface area contributed by atoms with E-state index in [2.05, 4.69) is 20.9 Å².